The number of rotatable bonds is 5. The van der Waals surface area contributed by atoms with Gasteiger partial charge < -0.3 is 20.9 Å². The fourth-order valence-corrected chi connectivity index (χ4v) is 5.60. The van der Waals surface area contributed by atoms with Crippen LogP contribution in [0.1, 0.15) is 33.8 Å². The molecule has 3 heterocycles. The molecule has 8 nitrogen and oxygen atoms in total. The maximum atomic E-state index is 13.0. The number of fused-ring (bicyclic) bond motifs is 1. The predicted molar refractivity (Wildman–Crippen MR) is 136 cm³/mol. The lowest BCUT2D eigenvalue weighted by atomic mass is 10.1. The van der Waals surface area contributed by atoms with E-state index < -0.39 is 0 Å². The maximum Gasteiger partial charge on any atom is 0.257 e. The SMILES string of the molecule is CN1CCc2nc(NC(=O)c3cccc(N4CCC[C@@H]4C(=O)Nc4ccc(N)cc4)c3)sc2C1. The Morgan fingerprint density at radius 3 is 2.76 bits per heavy atom. The fraction of sp³-hybridized carbons (Fsp3) is 0.320. The fourth-order valence-electron chi connectivity index (χ4n) is 4.51. The summed E-state index contributed by atoms with van der Waals surface area (Å²) in [7, 11) is 2.09. The van der Waals surface area contributed by atoms with Crippen molar-refractivity contribution in [3.05, 3.63) is 64.7 Å². The molecule has 0 unspecified atom stereocenters. The third kappa shape index (κ3) is 4.76. The molecule has 34 heavy (non-hydrogen) atoms. The predicted octanol–water partition coefficient (Wildman–Crippen LogP) is 3.57. The van der Waals surface area contributed by atoms with Gasteiger partial charge in [-0.15, -0.1) is 11.3 Å². The standard InChI is InChI=1S/C25H28N6O2S/c1-30-13-11-20-22(15-30)34-25(28-20)29-23(32)16-4-2-5-19(14-16)31-12-3-6-21(31)24(33)27-18-9-7-17(26)8-10-18/h2,4-5,7-10,14,21H,3,6,11-13,15,26H2,1H3,(H,27,33)(H,28,29,32)/t21-/m1/s1. The van der Waals surface area contributed by atoms with E-state index >= 15 is 0 Å². The molecule has 1 atom stereocenters. The largest absolute Gasteiger partial charge is 0.399 e. The average Bonchev–Trinajstić information content (AvgIpc) is 3.47. The second-order valence-corrected chi connectivity index (χ2v) is 9.93. The summed E-state index contributed by atoms with van der Waals surface area (Å²) >= 11 is 1.54. The molecule has 0 spiro atoms. The highest BCUT2D eigenvalue weighted by Crippen LogP contribution is 2.30. The molecule has 9 heteroatoms. The van der Waals surface area contributed by atoms with Gasteiger partial charge in [0.25, 0.3) is 5.91 Å². The molecule has 0 bridgehead atoms. The number of nitrogen functional groups attached to an aromatic ring is 1. The number of nitrogens with zero attached hydrogens (tertiary/aromatic N) is 3. The summed E-state index contributed by atoms with van der Waals surface area (Å²) in [6.45, 7) is 2.61. The van der Waals surface area contributed by atoms with Crippen molar-refractivity contribution in [3.8, 4) is 0 Å². The van der Waals surface area contributed by atoms with Crippen LogP contribution in [0.15, 0.2) is 48.5 Å². The van der Waals surface area contributed by atoms with Crippen LogP contribution in [0.3, 0.4) is 0 Å². The molecule has 1 saturated heterocycles. The van der Waals surface area contributed by atoms with Crippen LogP contribution in [-0.4, -0.2) is 47.9 Å². The van der Waals surface area contributed by atoms with E-state index in [2.05, 4.69) is 32.5 Å². The van der Waals surface area contributed by atoms with E-state index in [0.29, 0.717) is 16.4 Å². The second kappa shape index (κ2) is 9.44. The number of nitrogens with one attached hydrogen (secondary N) is 2. The summed E-state index contributed by atoms with van der Waals surface area (Å²) in [5, 5.41) is 6.58. The highest BCUT2D eigenvalue weighted by molar-refractivity contribution is 7.15. The smallest absolute Gasteiger partial charge is 0.257 e. The van der Waals surface area contributed by atoms with Crippen LogP contribution in [-0.2, 0) is 17.8 Å². The number of carbonyl (C=O) groups is 2. The minimum absolute atomic E-state index is 0.0598. The zero-order valence-electron chi connectivity index (χ0n) is 19.1. The molecule has 1 aromatic heterocycles. The van der Waals surface area contributed by atoms with Gasteiger partial charge in [-0.25, -0.2) is 4.98 Å². The molecular weight excluding hydrogens is 448 g/mol. The Labute approximate surface area is 202 Å². The first kappa shape index (κ1) is 22.4. The highest BCUT2D eigenvalue weighted by Gasteiger charge is 2.31. The Balaban J connectivity index is 1.28. The van der Waals surface area contributed by atoms with E-state index in [9.17, 15) is 9.59 Å². The average molecular weight is 477 g/mol. The van der Waals surface area contributed by atoms with Gasteiger partial charge in [0, 0.05) is 53.6 Å². The first-order valence-electron chi connectivity index (χ1n) is 11.5. The number of nitrogens with two attached hydrogens (primary N) is 1. The molecule has 4 N–H and O–H groups in total. The van der Waals surface area contributed by atoms with Crippen LogP contribution in [0.25, 0.3) is 0 Å². The maximum absolute atomic E-state index is 13.0. The summed E-state index contributed by atoms with van der Waals surface area (Å²) < 4.78 is 0. The number of hydrogen-bond donors (Lipinski definition) is 3. The van der Waals surface area contributed by atoms with E-state index in [4.69, 9.17) is 5.73 Å². The number of hydrogen-bond acceptors (Lipinski definition) is 7. The Bertz CT molecular complexity index is 1210. The Hall–Kier alpha value is -3.43. The van der Waals surface area contributed by atoms with Crippen LogP contribution in [0, 0.1) is 0 Å². The molecule has 5 rings (SSSR count). The quantitative estimate of drug-likeness (QED) is 0.487. The van der Waals surface area contributed by atoms with E-state index in [1.54, 1.807) is 41.7 Å². The van der Waals surface area contributed by atoms with Gasteiger partial charge in [-0.3, -0.25) is 14.9 Å². The van der Waals surface area contributed by atoms with Crippen molar-refractivity contribution in [2.24, 2.45) is 0 Å². The van der Waals surface area contributed by atoms with Crippen molar-refractivity contribution in [2.75, 3.05) is 41.4 Å². The van der Waals surface area contributed by atoms with E-state index in [-0.39, 0.29) is 17.9 Å². The normalized spacial score (nSPS) is 17.9. The van der Waals surface area contributed by atoms with Gasteiger partial charge in [-0.1, -0.05) is 6.07 Å². The number of aromatic nitrogens is 1. The molecule has 0 radical (unpaired) electrons. The highest BCUT2D eigenvalue weighted by atomic mass is 32.1. The minimum atomic E-state index is -0.293. The number of benzene rings is 2. The molecule has 0 aliphatic carbocycles. The number of thiazole rings is 1. The topological polar surface area (TPSA) is 104 Å². The summed E-state index contributed by atoms with van der Waals surface area (Å²) in [6, 6.07) is 14.3. The van der Waals surface area contributed by atoms with Gasteiger partial charge in [0.2, 0.25) is 5.91 Å². The van der Waals surface area contributed by atoms with Crippen molar-refractivity contribution < 1.29 is 9.59 Å². The van der Waals surface area contributed by atoms with Crippen LogP contribution >= 0.6 is 11.3 Å². The van der Waals surface area contributed by atoms with E-state index in [1.165, 1.54) is 4.88 Å². The van der Waals surface area contributed by atoms with Crippen molar-refractivity contribution in [2.45, 2.75) is 31.8 Å². The molecular formula is C25H28N6O2S. The first-order chi connectivity index (χ1) is 16.5. The zero-order chi connectivity index (χ0) is 23.7. The number of anilines is 4. The van der Waals surface area contributed by atoms with Crippen LogP contribution in [0.5, 0.6) is 0 Å². The molecule has 2 aromatic carbocycles. The lowest BCUT2D eigenvalue weighted by Crippen LogP contribution is -2.39. The lowest BCUT2D eigenvalue weighted by molar-refractivity contribution is -0.117. The molecule has 2 amide bonds. The molecule has 0 saturated carbocycles. The van der Waals surface area contributed by atoms with Gasteiger partial charge in [0.05, 0.1) is 5.69 Å². The lowest BCUT2D eigenvalue weighted by Gasteiger charge is -2.26. The van der Waals surface area contributed by atoms with Gasteiger partial charge in [0.1, 0.15) is 6.04 Å². The zero-order valence-corrected chi connectivity index (χ0v) is 19.9. The van der Waals surface area contributed by atoms with Crippen LogP contribution in [0.4, 0.5) is 22.2 Å². The monoisotopic (exact) mass is 476 g/mol. The van der Waals surface area contributed by atoms with Crippen LogP contribution in [0.2, 0.25) is 0 Å². The number of likely N-dealkylation sites (N-methyl/N-ethyl adjacent to an activating group) is 1. The van der Waals surface area contributed by atoms with Gasteiger partial charge in [-0.2, -0.15) is 0 Å². The molecule has 2 aliphatic rings. The Kier molecular flexibility index (Phi) is 6.21. The van der Waals surface area contributed by atoms with E-state index in [0.717, 1.165) is 56.0 Å². The summed E-state index contributed by atoms with van der Waals surface area (Å²) in [5.41, 5.74) is 9.60. The van der Waals surface area contributed by atoms with Crippen molar-refractivity contribution in [3.63, 3.8) is 0 Å². The Morgan fingerprint density at radius 1 is 1.12 bits per heavy atom. The van der Waals surface area contributed by atoms with Crippen molar-refractivity contribution in [1.29, 1.82) is 0 Å². The van der Waals surface area contributed by atoms with Gasteiger partial charge in [-0.05, 0) is 62.4 Å². The van der Waals surface area contributed by atoms with E-state index in [1.807, 2.05) is 18.2 Å². The number of carbonyl (C=O) groups excluding carboxylic acids is 2. The third-order valence-corrected chi connectivity index (χ3v) is 7.31. The van der Waals surface area contributed by atoms with Gasteiger partial charge >= 0.3 is 0 Å². The first-order valence-corrected chi connectivity index (χ1v) is 12.3. The summed E-state index contributed by atoms with van der Waals surface area (Å²) in [6.07, 6.45) is 2.58. The summed E-state index contributed by atoms with van der Waals surface area (Å²) in [4.78, 5) is 36.1. The third-order valence-electron chi connectivity index (χ3n) is 6.32. The van der Waals surface area contributed by atoms with Crippen molar-refractivity contribution in [1.82, 2.24) is 9.88 Å². The Morgan fingerprint density at radius 2 is 1.94 bits per heavy atom. The molecule has 176 valence electrons. The molecule has 3 aromatic rings. The van der Waals surface area contributed by atoms with Crippen molar-refractivity contribution >= 4 is 45.3 Å². The second-order valence-electron chi connectivity index (χ2n) is 8.84. The molecule has 2 aliphatic heterocycles. The minimum Gasteiger partial charge on any atom is -0.399 e. The number of amides is 2. The summed E-state index contributed by atoms with van der Waals surface area (Å²) in [5.74, 6) is -0.251. The van der Waals surface area contributed by atoms with Crippen LogP contribution < -0.4 is 21.3 Å². The molecule has 1 fully saturated rings. The van der Waals surface area contributed by atoms with Gasteiger partial charge in [0.15, 0.2) is 5.13 Å².